The van der Waals surface area contributed by atoms with Crippen molar-refractivity contribution >= 4 is 23.3 Å². The van der Waals surface area contributed by atoms with Gasteiger partial charge in [-0.1, -0.05) is 5.92 Å². The van der Waals surface area contributed by atoms with Gasteiger partial charge >= 0.3 is 5.97 Å². The summed E-state index contributed by atoms with van der Waals surface area (Å²) in [6.45, 7) is 0.496. The number of benzene rings is 1. The number of carbonyl (C=O) groups is 2. The number of nitrogens with zero attached hydrogens (tertiary/aromatic N) is 1. The summed E-state index contributed by atoms with van der Waals surface area (Å²) in [6.07, 6.45) is 5.22. The summed E-state index contributed by atoms with van der Waals surface area (Å²) in [5.41, 5.74) is 1.36. The number of anilines is 2. The molecule has 0 aliphatic carbocycles. The van der Waals surface area contributed by atoms with Gasteiger partial charge in [0.1, 0.15) is 0 Å². The number of aromatic carboxylic acids is 1. The van der Waals surface area contributed by atoms with E-state index in [9.17, 15) is 9.59 Å². The normalized spacial score (nSPS) is 13.6. The number of fused-ring (bicyclic) bond motifs is 1. The highest BCUT2D eigenvalue weighted by Crippen LogP contribution is 2.30. The lowest BCUT2D eigenvalue weighted by Crippen LogP contribution is -2.38. The molecule has 86 valence electrons. The third-order valence-corrected chi connectivity index (χ3v) is 2.47. The van der Waals surface area contributed by atoms with Crippen molar-refractivity contribution in [3.8, 4) is 12.3 Å². The number of carboxylic acid groups (broad SMARTS) is 1. The molecule has 2 N–H and O–H groups in total. The van der Waals surface area contributed by atoms with Crippen molar-refractivity contribution < 1.29 is 14.7 Å². The van der Waals surface area contributed by atoms with E-state index in [0.717, 1.165) is 5.69 Å². The first kappa shape index (κ1) is 11.0. The fourth-order valence-electron chi connectivity index (χ4n) is 1.74. The molecule has 1 aromatic carbocycles. The van der Waals surface area contributed by atoms with Crippen LogP contribution in [0.4, 0.5) is 11.4 Å². The van der Waals surface area contributed by atoms with Crippen LogP contribution in [-0.2, 0) is 4.79 Å². The van der Waals surface area contributed by atoms with E-state index in [4.69, 9.17) is 11.5 Å². The second kappa shape index (κ2) is 4.18. The lowest BCUT2D eigenvalue weighted by Gasteiger charge is -2.29. The molecule has 1 amide bonds. The monoisotopic (exact) mass is 230 g/mol. The zero-order valence-electron chi connectivity index (χ0n) is 8.93. The van der Waals surface area contributed by atoms with Crippen molar-refractivity contribution in [2.24, 2.45) is 0 Å². The molecule has 0 radical (unpaired) electrons. The Morgan fingerprint density at radius 2 is 2.35 bits per heavy atom. The van der Waals surface area contributed by atoms with E-state index in [0.29, 0.717) is 12.2 Å². The molecule has 1 heterocycles. The minimum absolute atomic E-state index is 0.131. The Kier molecular flexibility index (Phi) is 2.71. The molecule has 0 aromatic heterocycles. The van der Waals surface area contributed by atoms with Crippen LogP contribution in [0.2, 0.25) is 0 Å². The smallest absolute Gasteiger partial charge is 0.335 e. The Labute approximate surface area is 98.0 Å². The molecule has 5 nitrogen and oxygen atoms in total. The maximum atomic E-state index is 11.4. The van der Waals surface area contributed by atoms with E-state index in [1.54, 1.807) is 11.0 Å². The van der Waals surface area contributed by atoms with E-state index >= 15 is 0 Å². The maximum Gasteiger partial charge on any atom is 0.335 e. The SMILES string of the molecule is C#CCN1CC(=O)Nc2cc(C(=O)O)ccc21. The third kappa shape index (κ3) is 2.06. The Morgan fingerprint density at radius 1 is 1.59 bits per heavy atom. The lowest BCUT2D eigenvalue weighted by molar-refractivity contribution is -0.115. The van der Waals surface area contributed by atoms with E-state index in [1.165, 1.54) is 12.1 Å². The molecule has 0 fully saturated rings. The predicted molar refractivity (Wildman–Crippen MR) is 63.1 cm³/mol. The number of hydrogen-bond donors (Lipinski definition) is 2. The van der Waals surface area contributed by atoms with Crippen LogP contribution >= 0.6 is 0 Å². The zero-order valence-corrected chi connectivity index (χ0v) is 8.93. The highest BCUT2D eigenvalue weighted by Gasteiger charge is 2.22. The van der Waals surface area contributed by atoms with Gasteiger partial charge in [0.15, 0.2) is 0 Å². The Balaban J connectivity index is 2.44. The van der Waals surface area contributed by atoms with Crippen molar-refractivity contribution in [3.63, 3.8) is 0 Å². The lowest BCUT2D eigenvalue weighted by atomic mass is 10.1. The number of rotatable bonds is 2. The fraction of sp³-hybridized carbons (Fsp3) is 0.167. The molecule has 0 bridgehead atoms. The standard InChI is InChI=1S/C12H10N2O3/c1-2-5-14-7-11(15)13-9-6-8(12(16)17)3-4-10(9)14/h1,3-4,6H,5,7H2,(H,13,15)(H,16,17). The average molecular weight is 230 g/mol. The van der Waals surface area contributed by atoms with Gasteiger partial charge in [0.2, 0.25) is 5.91 Å². The third-order valence-electron chi connectivity index (χ3n) is 2.47. The Morgan fingerprint density at radius 3 is 3.00 bits per heavy atom. The van der Waals surface area contributed by atoms with E-state index in [1.807, 2.05) is 0 Å². The second-order valence-corrected chi connectivity index (χ2v) is 3.65. The van der Waals surface area contributed by atoms with Gasteiger partial charge in [0, 0.05) is 0 Å². The zero-order chi connectivity index (χ0) is 12.4. The van der Waals surface area contributed by atoms with E-state index in [-0.39, 0.29) is 18.0 Å². The van der Waals surface area contributed by atoms with Crippen LogP contribution in [0.5, 0.6) is 0 Å². The first-order valence-electron chi connectivity index (χ1n) is 4.97. The number of carbonyl (C=O) groups excluding carboxylic acids is 1. The molecule has 17 heavy (non-hydrogen) atoms. The number of carboxylic acids is 1. The molecule has 2 rings (SSSR count). The Bertz CT molecular complexity index is 531. The highest BCUT2D eigenvalue weighted by molar-refractivity contribution is 6.03. The van der Waals surface area contributed by atoms with Crippen LogP contribution in [-0.4, -0.2) is 30.1 Å². The molecular formula is C12H10N2O3. The van der Waals surface area contributed by atoms with Crippen LogP contribution in [0.3, 0.4) is 0 Å². The average Bonchev–Trinajstić information content (AvgIpc) is 2.28. The van der Waals surface area contributed by atoms with Gasteiger partial charge in [-0.2, -0.15) is 0 Å². The molecular weight excluding hydrogens is 220 g/mol. The topological polar surface area (TPSA) is 69.6 Å². The largest absolute Gasteiger partial charge is 0.478 e. The van der Waals surface area contributed by atoms with Crippen molar-refractivity contribution in [1.29, 1.82) is 0 Å². The summed E-state index contributed by atoms with van der Waals surface area (Å²) < 4.78 is 0. The molecule has 0 saturated carbocycles. The van der Waals surface area contributed by atoms with Crippen LogP contribution in [0, 0.1) is 12.3 Å². The van der Waals surface area contributed by atoms with Crippen molar-refractivity contribution in [2.45, 2.75) is 0 Å². The van der Waals surface area contributed by atoms with Crippen molar-refractivity contribution in [2.75, 3.05) is 23.3 Å². The van der Waals surface area contributed by atoms with Crippen molar-refractivity contribution in [3.05, 3.63) is 23.8 Å². The van der Waals surface area contributed by atoms with E-state index in [2.05, 4.69) is 11.2 Å². The summed E-state index contributed by atoms with van der Waals surface area (Å²) in [7, 11) is 0. The highest BCUT2D eigenvalue weighted by atomic mass is 16.4. The van der Waals surface area contributed by atoms with Gasteiger partial charge in [-0.3, -0.25) is 4.79 Å². The second-order valence-electron chi connectivity index (χ2n) is 3.65. The summed E-state index contributed by atoms with van der Waals surface area (Å²) >= 11 is 0. The number of nitrogens with one attached hydrogen (secondary N) is 1. The maximum absolute atomic E-state index is 11.4. The molecule has 1 aliphatic rings. The molecule has 5 heteroatoms. The van der Waals surface area contributed by atoms with Crippen molar-refractivity contribution in [1.82, 2.24) is 0 Å². The molecule has 0 spiro atoms. The first-order chi connectivity index (χ1) is 8.11. The number of terminal acetylenes is 1. The van der Waals surface area contributed by atoms with Gasteiger partial charge in [-0.05, 0) is 18.2 Å². The molecule has 1 aliphatic heterocycles. The molecule has 1 aromatic rings. The van der Waals surface area contributed by atoms with Gasteiger partial charge in [0.05, 0.1) is 30.0 Å². The van der Waals surface area contributed by atoms with Gasteiger partial charge in [-0.25, -0.2) is 4.79 Å². The molecule has 0 unspecified atom stereocenters. The summed E-state index contributed by atoms with van der Waals surface area (Å²) in [6, 6.07) is 4.57. The fourth-order valence-corrected chi connectivity index (χ4v) is 1.74. The van der Waals surface area contributed by atoms with Gasteiger partial charge in [0.25, 0.3) is 0 Å². The minimum atomic E-state index is -1.03. The molecule has 0 atom stereocenters. The summed E-state index contributed by atoms with van der Waals surface area (Å²) in [4.78, 5) is 24.0. The molecule has 0 saturated heterocycles. The van der Waals surface area contributed by atoms with Gasteiger partial charge in [-0.15, -0.1) is 6.42 Å². The Hall–Kier alpha value is -2.48. The van der Waals surface area contributed by atoms with Crippen LogP contribution in [0.25, 0.3) is 0 Å². The first-order valence-corrected chi connectivity index (χ1v) is 4.97. The summed E-state index contributed by atoms with van der Waals surface area (Å²) in [5.74, 6) is 1.24. The van der Waals surface area contributed by atoms with Crippen LogP contribution in [0.15, 0.2) is 18.2 Å². The quantitative estimate of drug-likeness (QED) is 0.736. The summed E-state index contributed by atoms with van der Waals surface area (Å²) in [5, 5.41) is 11.5. The van der Waals surface area contributed by atoms with Crippen LogP contribution < -0.4 is 10.2 Å². The number of hydrogen-bond acceptors (Lipinski definition) is 3. The predicted octanol–water partition coefficient (Wildman–Crippen LogP) is 0.776. The van der Waals surface area contributed by atoms with E-state index < -0.39 is 5.97 Å². The van der Waals surface area contributed by atoms with Crippen LogP contribution in [0.1, 0.15) is 10.4 Å². The van der Waals surface area contributed by atoms with Gasteiger partial charge < -0.3 is 15.3 Å². The number of amides is 1. The minimum Gasteiger partial charge on any atom is -0.478 e.